The molecule has 0 amide bonds. The smallest absolute Gasteiger partial charge is 0.165 e. The fourth-order valence-electron chi connectivity index (χ4n) is 2.81. The van der Waals surface area contributed by atoms with Crippen molar-refractivity contribution in [1.29, 1.82) is 0 Å². The van der Waals surface area contributed by atoms with E-state index in [1.807, 2.05) is 43.6 Å². The van der Waals surface area contributed by atoms with E-state index >= 15 is 0 Å². The molecule has 1 aromatic carbocycles. The van der Waals surface area contributed by atoms with Gasteiger partial charge < -0.3 is 15.2 Å². The highest BCUT2D eigenvalue weighted by Gasteiger charge is 2.22. The number of pyridine rings is 1. The van der Waals surface area contributed by atoms with Gasteiger partial charge in [-0.05, 0) is 44.2 Å². The minimum Gasteiger partial charge on any atom is -0.493 e. The minimum absolute atomic E-state index is 0.0727. The monoisotopic (exact) mass is 329 g/mol. The Bertz CT molecular complexity index is 619. The molecule has 2 N–H and O–H groups in total. The van der Waals surface area contributed by atoms with E-state index in [1.165, 1.54) is 5.56 Å². The van der Waals surface area contributed by atoms with Crippen LogP contribution in [0.4, 0.5) is 0 Å². The third kappa shape index (κ3) is 4.46. The molecule has 1 unspecified atom stereocenters. The fourth-order valence-corrected chi connectivity index (χ4v) is 2.81. The highest BCUT2D eigenvalue weighted by atomic mass is 16.5. The summed E-state index contributed by atoms with van der Waals surface area (Å²) in [6.45, 7) is 3.97. The topological polar surface area (TPSA) is 60.6 Å². The van der Waals surface area contributed by atoms with Crippen LogP contribution in [-0.4, -0.2) is 43.7 Å². The molecule has 0 fully saturated rings. The Kier molecular flexibility index (Phi) is 7.03. The molecule has 0 saturated heterocycles. The first-order chi connectivity index (χ1) is 11.7. The number of hydrogen-bond acceptors (Lipinski definition) is 5. The summed E-state index contributed by atoms with van der Waals surface area (Å²) < 4.78 is 11.3. The van der Waals surface area contributed by atoms with Crippen LogP contribution < -0.4 is 15.2 Å². The molecule has 1 heterocycles. The van der Waals surface area contributed by atoms with Crippen molar-refractivity contribution in [2.75, 3.05) is 33.9 Å². The van der Waals surface area contributed by atoms with Gasteiger partial charge in [-0.25, -0.2) is 0 Å². The van der Waals surface area contributed by atoms with Crippen LogP contribution in [0.3, 0.4) is 0 Å². The molecule has 1 aromatic heterocycles. The number of aromatic nitrogens is 1. The van der Waals surface area contributed by atoms with Gasteiger partial charge in [0, 0.05) is 31.0 Å². The quantitative estimate of drug-likeness (QED) is 0.766. The Morgan fingerprint density at radius 1 is 1.21 bits per heavy atom. The minimum atomic E-state index is 0.0727. The number of rotatable bonds is 9. The van der Waals surface area contributed by atoms with E-state index in [2.05, 4.69) is 23.0 Å². The SMILES string of the molecule is CCOc1c(OC)cccc1C(CN)N(C)CCc1ccncc1. The van der Waals surface area contributed by atoms with E-state index in [0.717, 1.165) is 30.0 Å². The van der Waals surface area contributed by atoms with Crippen LogP contribution in [-0.2, 0) is 6.42 Å². The first-order valence-corrected chi connectivity index (χ1v) is 8.30. The van der Waals surface area contributed by atoms with Crippen molar-refractivity contribution in [3.05, 3.63) is 53.9 Å². The number of ether oxygens (including phenoxy) is 2. The van der Waals surface area contributed by atoms with E-state index in [0.29, 0.717) is 13.2 Å². The van der Waals surface area contributed by atoms with Gasteiger partial charge in [0.05, 0.1) is 19.8 Å². The lowest BCUT2D eigenvalue weighted by atomic mass is 10.0. The molecule has 2 rings (SSSR count). The van der Waals surface area contributed by atoms with E-state index in [-0.39, 0.29) is 6.04 Å². The number of nitrogens with zero attached hydrogens (tertiary/aromatic N) is 2. The van der Waals surface area contributed by atoms with Gasteiger partial charge in [0.1, 0.15) is 0 Å². The maximum Gasteiger partial charge on any atom is 0.165 e. The fraction of sp³-hybridized carbons (Fsp3) is 0.421. The van der Waals surface area contributed by atoms with E-state index in [1.54, 1.807) is 7.11 Å². The van der Waals surface area contributed by atoms with Gasteiger partial charge in [0.15, 0.2) is 11.5 Å². The van der Waals surface area contributed by atoms with Crippen molar-refractivity contribution >= 4 is 0 Å². The Hall–Kier alpha value is -2.11. The van der Waals surface area contributed by atoms with Crippen molar-refractivity contribution in [1.82, 2.24) is 9.88 Å². The number of methoxy groups -OCH3 is 1. The zero-order chi connectivity index (χ0) is 17.4. The lowest BCUT2D eigenvalue weighted by Crippen LogP contribution is -2.32. The molecule has 24 heavy (non-hydrogen) atoms. The normalized spacial score (nSPS) is 12.2. The molecular weight excluding hydrogens is 302 g/mol. The first-order valence-electron chi connectivity index (χ1n) is 8.30. The van der Waals surface area contributed by atoms with Crippen molar-refractivity contribution in [3.8, 4) is 11.5 Å². The maximum atomic E-state index is 6.08. The summed E-state index contributed by atoms with van der Waals surface area (Å²) in [6.07, 6.45) is 4.60. The number of nitrogens with two attached hydrogens (primary N) is 1. The molecule has 1 atom stereocenters. The van der Waals surface area contributed by atoms with Gasteiger partial charge in [-0.2, -0.15) is 0 Å². The Balaban J connectivity index is 2.17. The predicted molar refractivity (Wildman–Crippen MR) is 96.5 cm³/mol. The van der Waals surface area contributed by atoms with Crippen molar-refractivity contribution in [2.24, 2.45) is 5.73 Å². The Labute approximate surface area is 144 Å². The molecule has 130 valence electrons. The zero-order valence-corrected chi connectivity index (χ0v) is 14.7. The second-order valence-corrected chi connectivity index (χ2v) is 5.65. The Morgan fingerprint density at radius 3 is 2.58 bits per heavy atom. The van der Waals surface area contributed by atoms with Crippen molar-refractivity contribution in [3.63, 3.8) is 0 Å². The summed E-state index contributed by atoms with van der Waals surface area (Å²) in [4.78, 5) is 6.32. The summed E-state index contributed by atoms with van der Waals surface area (Å²) in [6, 6.07) is 10.1. The average Bonchev–Trinajstić information content (AvgIpc) is 2.62. The lowest BCUT2D eigenvalue weighted by molar-refractivity contribution is 0.239. The summed E-state index contributed by atoms with van der Waals surface area (Å²) in [5.41, 5.74) is 8.42. The third-order valence-corrected chi connectivity index (χ3v) is 4.13. The molecule has 5 heteroatoms. The molecule has 0 bridgehead atoms. The molecule has 2 aromatic rings. The molecule has 0 aliphatic carbocycles. The van der Waals surface area contributed by atoms with Gasteiger partial charge in [0.2, 0.25) is 0 Å². The van der Waals surface area contributed by atoms with Gasteiger partial charge in [0.25, 0.3) is 0 Å². The van der Waals surface area contributed by atoms with E-state index in [9.17, 15) is 0 Å². The molecule has 0 aliphatic heterocycles. The van der Waals surface area contributed by atoms with Gasteiger partial charge in [-0.15, -0.1) is 0 Å². The highest BCUT2D eigenvalue weighted by molar-refractivity contribution is 5.48. The molecule has 0 spiro atoms. The van der Waals surface area contributed by atoms with Gasteiger partial charge in [-0.3, -0.25) is 9.88 Å². The van der Waals surface area contributed by atoms with Crippen molar-refractivity contribution < 1.29 is 9.47 Å². The van der Waals surface area contributed by atoms with Crippen LogP contribution >= 0.6 is 0 Å². The highest BCUT2D eigenvalue weighted by Crippen LogP contribution is 2.36. The summed E-state index contributed by atoms with van der Waals surface area (Å²) >= 11 is 0. The molecular formula is C19H27N3O2. The zero-order valence-electron chi connectivity index (χ0n) is 14.7. The summed E-state index contributed by atoms with van der Waals surface area (Å²) in [5.74, 6) is 1.53. The lowest BCUT2D eigenvalue weighted by Gasteiger charge is -2.29. The molecule has 0 saturated carbocycles. The number of likely N-dealkylation sites (N-methyl/N-ethyl adjacent to an activating group) is 1. The Morgan fingerprint density at radius 2 is 1.96 bits per heavy atom. The van der Waals surface area contributed by atoms with Crippen LogP contribution in [0.25, 0.3) is 0 Å². The number of benzene rings is 1. The standard InChI is InChI=1S/C19H27N3O2/c1-4-24-19-16(6-5-7-18(19)23-3)17(14-20)22(2)13-10-15-8-11-21-12-9-15/h5-9,11-12,17H,4,10,13-14,20H2,1-3H3. The van der Waals surface area contributed by atoms with E-state index < -0.39 is 0 Å². The van der Waals surface area contributed by atoms with Gasteiger partial charge in [-0.1, -0.05) is 12.1 Å². The summed E-state index contributed by atoms with van der Waals surface area (Å²) in [7, 11) is 3.75. The third-order valence-electron chi connectivity index (χ3n) is 4.13. The van der Waals surface area contributed by atoms with Crippen molar-refractivity contribution in [2.45, 2.75) is 19.4 Å². The van der Waals surface area contributed by atoms with Crippen LogP contribution in [0.1, 0.15) is 24.1 Å². The molecule has 0 radical (unpaired) electrons. The first kappa shape index (κ1) is 18.2. The van der Waals surface area contributed by atoms with Crippen LogP contribution in [0.5, 0.6) is 11.5 Å². The molecule has 5 nitrogen and oxygen atoms in total. The average molecular weight is 329 g/mol. The van der Waals surface area contributed by atoms with Crippen LogP contribution in [0.15, 0.2) is 42.7 Å². The predicted octanol–water partition coefficient (Wildman–Crippen LogP) is 2.66. The summed E-state index contributed by atoms with van der Waals surface area (Å²) in [5, 5.41) is 0. The second-order valence-electron chi connectivity index (χ2n) is 5.65. The number of para-hydroxylation sites is 1. The van der Waals surface area contributed by atoms with Gasteiger partial charge >= 0.3 is 0 Å². The molecule has 0 aliphatic rings. The largest absolute Gasteiger partial charge is 0.493 e. The van der Waals surface area contributed by atoms with Crippen LogP contribution in [0.2, 0.25) is 0 Å². The number of hydrogen-bond donors (Lipinski definition) is 1. The second kappa shape index (κ2) is 9.25. The van der Waals surface area contributed by atoms with E-state index in [4.69, 9.17) is 15.2 Å². The maximum absolute atomic E-state index is 6.08. The van der Waals surface area contributed by atoms with Crippen LogP contribution in [0, 0.1) is 0 Å².